The van der Waals surface area contributed by atoms with Crippen molar-refractivity contribution in [1.82, 2.24) is 0 Å². The lowest BCUT2D eigenvalue weighted by Gasteiger charge is -2.23. The lowest BCUT2D eigenvalue weighted by molar-refractivity contribution is -0.116. The van der Waals surface area contributed by atoms with Crippen molar-refractivity contribution in [3.8, 4) is 0 Å². The van der Waals surface area contributed by atoms with Crippen LogP contribution < -0.4 is 16.4 Å². The van der Waals surface area contributed by atoms with Crippen LogP contribution in [0.4, 0.5) is 5.69 Å². The third kappa shape index (κ3) is 2.52. The van der Waals surface area contributed by atoms with Crippen molar-refractivity contribution in [2.45, 2.75) is 25.4 Å². The number of carbonyl (C=O) groups is 1. The van der Waals surface area contributed by atoms with Crippen LogP contribution in [-0.4, -0.2) is 18.5 Å². The highest BCUT2D eigenvalue weighted by molar-refractivity contribution is 5.80. The fourth-order valence-corrected chi connectivity index (χ4v) is 1.81. The van der Waals surface area contributed by atoms with Crippen molar-refractivity contribution in [2.24, 2.45) is 11.5 Å². The third-order valence-corrected chi connectivity index (χ3v) is 2.82. The highest BCUT2D eigenvalue weighted by Crippen LogP contribution is 2.31. The molecule has 0 heterocycles. The molecule has 1 aliphatic carbocycles. The molecule has 1 aromatic carbocycles. The van der Waals surface area contributed by atoms with Gasteiger partial charge < -0.3 is 16.4 Å². The Kier molecular flexibility index (Phi) is 3.10. The van der Waals surface area contributed by atoms with E-state index in [9.17, 15) is 4.79 Å². The van der Waals surface area contributed by atoms with Gasteiger partial charge in [0.2, 0.25) is 5.91 Å². The van der Waals surface area contributed by atoms with E-state index in [-0.39, 0.29) is 5.91 Å². The predicted octanol–water partition coefficient (Wildman–Crippen LogP) is 0.599. The van der Waals surface area contributed by atoms with Crippen LogP contribution in [0.15, 0.2) is 24.3 Å². The minimum atomic E-state index is -0.283. The minimum absolute atomic E-state index is 0.283. The number of anilines is 1. The van der Waals surface area contributed by atoms with Gasteiger partial charge >= 0.3 is 0 Å². The number of rotatable bonds is 5. The Labute approximate surface area is 95.2 Å². The number of benzene rings is 1. The monoisotopic (exact) mass is 219 g/mol. The summed E-state index contributed by atoms with van der Waals surface area (Å²) in [6.45, 7) is 0.839. The molecule has 1 aromatic rings. The standard InChI is InChI=1S/C12H17N3O/c13-7-9-1-3-10(4-2-9)15(8-12(14)16)11-5-6-11/h1-4,11H,5-8,13H2,(H2,14,16). The maximum absolute atomic E-state index is 11.0. The predicted molar refractivity (Wildman–Crippen MR) is 63.9 cm³/mol. The van der Waals surface area contributed by atoms with E-state index in [0.717, 1.165) is 24.1 Å². The number of hydrogen-bond acceptors (Lipinski definition) is 3. The molecule has 0 unspecified atom stereocenters. The molecule has 0 aromatic heterocycles. The van der Waals surface area contributed by atoms with Crippen LogP contribution in [-0.2, 0) is 11.3 Å². The maximum atomic E-state index is 11.0. The molecule has 4 nitrogen and oxygen atoms in total. The molecule has 0 aliphatic heterocycles. The molecule has 0 spiro atoms. The van der Waals surface area contributed by atoms with Crippen LogP contribution in [0.25, 0.3) is 0 Å². The summed E-state index contributed by atoms with van der Waals surface area (Å²) in [5.41, 5.74) is 12.9. The molecule has 16 heavy (non-hydrogen) atoms. The zero-order valence-electron chi connectivity index (χ0n) is 9.23. The van der Waals surface area contributed by atoms with Crippen LogP contribution in [0, 0.1) is 0 Å². The van der Waals surface area contributed by atoms with Crippen molar-refractivity contribution < 1.29 is 4.79 Å². The average molecular weight is 219 g/mol. The highest BCUT2D eigenvalue weighted by Gasteiger charge is 2.29. The van der Waals surface area contributed by atoms with Crippen molar-refractivity contribution in [1.29, 1.82) is 0 Å². The van der Waals surface area contributed by atoms with Crippen LogP contribution in [0.3, 0.4) is 0 Å². The summed E-state index contributed by atoms with van der Waals surface area (Å²) in [5.74, 6) is -0.283. The molecule has 1 amide bonds. The maximum Gasteiger partial charge on any atom is 0.236 e. The molecule has 0 radical (unpaired) electrons. The molecule has 0 bridgehead atoms. The molecule has 0 atom stereocenters. The second-order valence-electron chi connectivity index (χ2n) is 4.20. The highest BCUT2D eigenvalue weighted by atomic mass is 16.1. The van der Waals surface area contributed by atoms with Gasteiger partial charge in [-0.1, -0.05) is 12.1 Å². The summed E-state index contributed by atoms with van der Waals surface area (Å²) >= 11 is 0. The van der Waals surface area contributed by atoms with Gasteiger partial charge in [0.1, 0.15) is 0 Å². The molecular formula is C12H17N3O. The molecule has 1 saturated carbocycles. The second kappa shape index (κ2) is 4.53. The molecule has 1 fully saturated rings. The lowest BCUT2D eigenvalue weighted by Crippen LogP contribution is -2.35. The minimum Gasteiger partial charge on any atom is -0.368 e. The zero-order valence-corrected chi connectivity index (χ0v) is 9.23. The Hall–Kier alpha value is -1.55. The summed E-state index contributed by atoms with van der Waals surface area (Å²) in [6.07, 6.45) is 2.29. The number of carbonyl (C=O) groups excluding carboxylic acids is 1. The van der Waals surface area contributed by atoms with Gasteiger partial charge in [-0.05, 0) is 30.5 Å². The van der Waals surface area contributed by atoms with Gasteiger partial charge in [-0.2, -0.15) is 0 Å². The number of nitrogens with two attached hydrogens (primary N) is 2. The molecule has 1 aliphatic rings. The Morgan fingerprint density at radius 1 is 1.31 bits per heavy atom. The van der Waals surface area contributed by atoms with Gasteiger partial charge in [0.25, 0.3) is 0 Å². The quantitative estimate of drug-likeness (QED) is 0.761. The van der Waals surface area contributed by atoms with E-state index in [1.807, 2.05) is 24.3 Å². The average Bonchev–Trinajstić information content (AvgIpc) is 3.10. The molecule has 4 heteroatoms. The van der Waals surface area contributed by atoms with Gasteiger partial charge in [0, 0.05) is 18.3 Å². The summed E-state index contributed by atoms with van der Waals surface area (Å²) in [6, 6.07) is 8.47. The van der Waals surface area contributed by atoms with E-state index in [4.69, 9.17) is 11.5 Å². The van der Waals surface area contributed by atoms with Crippen molar-refractivity contribution >= 4 is 11.6 Å². The van der Waals surface area contributed by atoms with E-state index in [2.05, 4.69) is 4.90 Å². The van der Waals surface area contributed by atoms with Gasteiger partial charge in [0.05, 0.1) is 6.54 Å². The summed E-state index contributed by atoms with van der Waals surface area (Å²) in [7, 11) is 0. The van der Waals surface area contributed by atoms with Gasteiger partial charge in [-0.25, -0.2) is 0 Å². The smallest absolute Gasteiger partial charge is 0.236 e. The van der Waals surface area contributed by atoms with Crippen LogP contribution >= 0.6 is 0 Å². The van der Waals surface area contributed by atoms with Crippen molar-refractivity contribution in [2.75, 3.05) is 11.4 Å². The first-order valence-corrected chi connectivity index (χ1v) is 5.54. The Balaban J connectivity index is 2.14. The molecule has 86 valence electrons. The summed E-state index contributed by atoms with van der Waals surface area (Å²) in [5, 5.41) is 0. The fraction of sp³-hybridized carbons (Fsp3) is 0.417. The molecule has 2 rings (SSSR count). The first-order valence-electron chi connectivity index (χ1n) is 5.54. The van der Waals surface area contributed by atoms with Crippen LogP contribution in [0.2, 0.25) is 0 Å². The van der Waals surface area contributed by atoms with Crippen LogP contribution in [0.5, 0.6) is 0 Å². The van der Waals surface area contributed by atoms with Gasteiger partial charge in [0.15, 0.2) is 0 Å². The Morgan fingerprint density at radius 2 is 1.94 bits per heavy atom. The number of primary amides is 1. The van der Waals surface area contributed by atoms with Crippen molar-refractivity contribution in [3.05, 3.63) is 29.8 Å². The van der Waals surface area contributed by atoms with E-state index in [1.165, 1.54) is 0 Å². The Bertz CT molecular complexity index is 370. The number of nitrogens with zero attached hydrogens (tertiary/aromatic N) is 1. The fourth-order valence-electron chi connectivity index (χ4n) is 1.81. The summed E-state index contributed by atoms with van der Waals surface area (Å²) < 4.78 is 0. The third-order valence-electron chi connectivity index (χ3n) is 2.82. The first-order chi connectivity index (χ1) is 7.70. The van der Waals surface area contributed by atoms with Gasteiger partial charge in [-0.3, -0.25) is 4.79 Å². The molecular weight excluding hydrogens is 202 g/mol. The van der Waals surface area contributed by atoms with Crippen molar-refractivity contribution in [3.63, 3.8) is 0 Å². The molecule has 4 N–H and O–H groups in total. The van der Waals surface area contributed by atoms with Crippen LogP contribution in [0.1, 0.15) is 18.4 Å². The van der Waals surface area contributed by atoms with E-state index < -0.39 is 0 Å². The molecule has 0 saturated heterocycles. The van der Waals surface area contributed by atoms with E-state index in [1.54, 1.807) is 0 Å². The van der Waals surface area contributed by atoms with Gasteiger partial charge in [-0.15, -0.1) is 0 Å². The second-order valence-corrected chi connectivity index (χ2v) is 4.20. The number of hydrogen-bond donors (Lipinski definition) is 2. The van der Waals surface area contributed by atoms with E-state index >= 15 is 0 Å². The lowest BCUT2D eigenvalue weighted by atomic mass is 10.2. The normalized spacial score (nSPS) is 14.8. The SMILES string of the molecule is NCc1ccc(N(CC(N)=O)C2CC2)cc1. The largest absolute Gasteiger partial charge is 0.368 e. The van der Waals surface area contributed by atoms with E-state index in [0.29, 0.717) is 19.1 Å². The topological polar surface area (TPSA) is 72.3 Å². The Morgan fingerprint density at radius 3 is 2.38 bits per heavy atom. The zero-order chi connectivity index (χ0) is 11.5. The summed E-state index contributed by atoms with van der Waals surface area (Å²) in [4.78, 5) is 13.1. The first kappa shape index (κ1) is 11.0. The number of amides is 1.